The first-order valence-corrected chi connectivity index (χ1v) is 9.13. The van der Waals surface area contributed by atoms with Gasteiger partial charge in [-0.15, -0.1) is 11.3 Å². The molecule has 3 N–H and O–H groups in total. The second-order valence-electron chi connectivity index (χ2n) is 6.38. The van der Waals surface area contributed by atoms with Gasteiger partial charge in [-0.1, -0.05) is 13.0 Å². The molecule has 0 aliphatic carbocycles. The second-order valence-corrected chi connectivity index (χ2v) is 7.32. The highest BCUT2D eigenvalue weighted by Crippen LogP contribution is 2.41. The van der Waals surface area contributed by atoms with Gasteiger partial charge in [0.25, 0.3) is 0 Å². The van der Waals surface area contributed by atoms with Gasteiger partial charge in [0.2, 0.25) is 0 Å². The molecule has 5 heteroatoms. The summed E-state index contributed by atoms with van der Waals surface area (Å²) in [4.78, 5) is 9.18. The van der Waals surface area contributed by atoms with Gasteiger partial charge in [-0.3, -0.25) is 9.97 Å². The number of phenolic OH excluding ortho intramolecular Hbond substituents is 1. The first-order valence-electron chi connectivity index (χ1n) is 8.25. The average Bonchev–Trinajstić information content (AvgIpc) is 3.10. The largest absolute Gasteiger partial charge is 0.507 e. The van der Waals surface area contributed by atoms with Crippen LogP contribution in [0.2, 0.25) is 0 Å². The number of fused-ring (bicyclic) bond motifs is 3. The maximum atomic E-state index is 10.7. The fourth-order valence-electron chi connectivity index (χ4n) is 3.23. The van der Waals surface area contributed by atoms with Crippen molar-refractivity contribution < 1.29 is 5.11 Å². The number of aromatic nitrogens is 2. The summed E-state index contributed by atoms with van der Waals surface area (Å²) in [5.41, 5.74) is 10.2. The lowest BCUT2D eigenvalue weighted by atomic mass is 9.95. The Kier molecular flexibility index (Phi) is 3.90. The summed E-state index contributed by atoms with van der Waals surface area (Å²) in [5, 5.41) is 14.8. The number of nitrogens with zero attached hydrogens (tertiary/aromatic N) is 2. The molecule has 1 aromatic carbocycles. The molecule has 4 nitrogen and oxygen atoms in total. The van der Waals surface area contributed by atoms with Crippen LogP contribution < -0.4 is 5.73 Å². The number of thiophene rings is 1. The molecule has 0 aliphatic rings. The smallest absolute Gasteiger partial charge is 0.124 e. The van der Waals surface area contributed by atoms with Crippen molar-refractivity contribution in [1.82, 2.24) is 9.97 Å². The topological polar surface area (TPSA) is 72.0 Å². The Balaban J connectivity index is 2.02. The number of hydrogen-bond donors (Lipinski definition) is 2. The third-order valence-electron chi connectivity index (χ3n) is 4.68. The van der Waals surface area contributed by atoms with Crippen molar-refractivity contribution in [1.29, 1.82) is 0 Å². The van der Waals surface area contributed by atoms with E-state index in [0.717, 1.165) is 43.4 Å². The van der Waals surface area contributed by atoms with Gasteiger partial charge in [-0.25, -0.2) is 0 Å². The summed E-state index contributed by atoms with van der Waals surface area (Å²) in [6.45, 7) is 4.59. The zero-order valence-corrected chi connectivity index (χ0v) is 15.0. The van der Waals surface area contributed by atoms with Crippen LogP contribution in [0.3, 0.4) is 0 Å². The Morgan fingerprint density at radius 1 is 1.20 bits per heavy atom. The molecule has 0 saturated carbocycles. The van der Waals surface area contributed by atoms with E-state index in [2.05, 4.69) is 28.3 Å². The van der Waals surface area contributed by atoms with Gasteiger partial charge in [-0.2, -0.15) is 0 Å². The minimum Gasteiger partial charge on any atom is -0.507 e. The summed E-state index contributed by atoms with van der Waals surface area (Å²) < 4.78 is 1.11. The molecule has 1 unspecified atom stereocenters. The van der Waals surface area contributed by atoms with Crippen LogP contribution in [0, 0.1) is 6.92 Å². The van der Waals surface area contributed by atoms with Crippen LogP contribution in [-0.2, 0) is 0 Å². The van der Waals surface area contributed by atoms with Crippen LogP contribution >= 0.6 is 11.3 Å². The molecule has 0 aliphatic heterocycles. The molecule has 3 heterocycles. The van der Waals surface area contributed by atoms with Crippen LogP contribution in [-0.4, -0.2) is 21.6 Å². The van der Waals surface area contributed by atoms with E-state index < -0.39 is 0 Å². The first-order chi connectivity index (χ1) is 12.1. The van der Waals surface area contributed by atoms with E-state index in [0.29, 0.717) is 6.54 Å². The summed E-state index contributed by atoms with van der Waals surface area (Å²) in [6.07, 6.45) is 3.72. The SMILES string of the molecule is Cc1cc(O)c(-c2ccc(C(C)CN)nc2)c2c1ncc1sccc12. The lowest BCUT2D eigenvalue weighted by molar-refractivity contribution is 0.477. The van der Waals surface area contributed by atoms with Crippen LogP contribution in [0.25, 0.3) is 32.1 Å². The predicted octanol–water partition coefficient (Wildman–Crippen LogP) is 4.59. The van der Waals surface area contributed by atoms with Crippen molar-refractivity contribution in [3.63, 3.8) is 0 Å². The fourth-order valence-corrected chi connectivity index (χ4v) is 3.99. The highest BCUT2D eigenvalue weighted by Gasteiger charge is 2.17. The van der Waals surface area contributed by atoms with Crippen LogP contribution in [0.4, 0.5) is 0 Å². The summed E-state index contributed by atoms with van der Waals surface area (Å²) in [6, 6.07) is 7.85. The number of benzene rings is 1. The Morgan fingerprint density at radius 2 is 2.04 bits per heavy atom. The third kappa shape index (κ3) is 2.56. The lowest BCUT2D eigenvalue weighted by Gasteiger charge is -2.13. The maximum absolute atomic E-state index is 10.7. The number of hydrogen-bond acceptors (Lipinski definition) is 5. The molecule has 126 valence electrons. The number of rotatable bonds is 3. The Bertz CT molecular complexity index is 1070. The Morgan fingerprint density at radius 3 is 2.76 bits per heavy atom. The van der Waals surface area contributed by atoms with Gasteiger partial charge in [-0.05, 0) is 36.1 Å². The van der Waals surface area contributed by atoms with Gasteiger partial charge < -0.3 is 10.8 Å². The van der Waals surface area contributed by atoms with Gasteiger partial charge in [0, 0.05) is 52.4 Å². The fraction of sp³-hybridized carbons (Fsp3) is 0.200. The predicted molar refractivity (Wildman–Crippen MR) is 104 cm³/mol. The molecule has 0 spiro atoms. The van der Waals surface area contributed by atoms with E-state index in [4.69, 9.17) is 5.73 Å². The average molecular weight is 349 g/mol. The molecule has 0 amide bonds. The molecular formula is C20H19N3OS. The number of pyridine rings is 2. The third-order valence-corrected chi connectivity index (χ3v) is 5.53. The van der Waals surface area contributed by atoms with Gasteiger partial charge in [0.05, 0.1) is 10.2 Å². The van der Waals surface area contributed by atoms with E-state index in [1.54, 1.807) is 17.4 Å². The minimum atomic E-state index is 0.211. The number of aryl methyl sites for hydroxylation is 1. The van der Waals surface area contributed by atoms with Gasteiger partial charge >= 0.3 is 0 Å². The van der Waals surface area contributed by atoms with E-state index >= 15 is 0 Å². The van der Waals surface area contributed by atoms with Crippen LogP contribution in [0.15, 0.2) is 42.0 Å². The van der Waals surface area contributed by atoms with E-state index in [1.165, 1.54) is 0 Å². The van der Waals surface area contributed by atoms with Crippen molar-refractivity contribution >= 4 is 32.3 Å². The zero-order valence-electron chi connectivity index (χ0n) is 14.2. The van der Waals surface area contributed by atoms with E-state index in [1.807, 2.05) is 31.5 Å². The van der Waals surface area contributed by atoms with Crippen molar-refractivity contribution in [2.75, 3.05) is 6.54 Å². The maximum Gasteiger partial charge on any atom is 0.124 e. The minimum absolute atomic E-state index is 0.211. The molecule has 4 aromatic rings. The number of phenols is 1. The summed E-state index contributed by atoms with van der Waals surface area (Å²) in [5.74, 6) is 0.467. The standard InChI is InChI=1S/C20H19N3OS/c1-11-7-16(24)18(13-3-4-15(22-9-13)12(2)8-21)19-14-5-6-25-17(14)10-23-20(11)19/h3-7,9-10,12,24H,8,21H2,1-2H3. The molecule has 0 fully saturated rings. The molecule has 4 rings (SSSR count). The molecule has 3 aromatic heterocycles. The Labute approximate surface area is 150 Å². The van der Waals surface area contributed by atoms with Crippen molar-refractivity contribution in [2.45, 2.75) is 19.8 Å². The number of nitrogens with two attached hydrogens (primary N) is 1. The van der Waals surface area contributed by atoms with Crippen molar-refractivity contribution in [3.05, 3.63) is 53.3 Å². The van der Waals surface area contributed by atoms with Crippen LogP contribution in [0.5, 0.6) is 5.75 Å². The zero-order chi connectivity index (χ0) is 17.6. The highest BCUT2D eigenvalue weighted by molar-refractivity contribution is 7.17. The molecule has 0 saturated heterocycles. The molecular weight excluding hydrogens is 330 g/mol. The Hall–Kier alpha value is -2.50. The van der Waals surface area contributed by atoms with Crippen molar-refractivity contribution in [2.24, 2.45) is 5.73 Å². The summed E-state index contributed by atoms with van der Waals surface area (Å²) in [7, 11) is 0. The second kappa shape index (κ2) is 6.10. The highest BCUT2D eigenvalue weighted by atomic mass is 32.1. The molecule has 0 radical (unpaired) electrons. The van der Waals surface area contributed by atoms with Gasteiger partial charge in [0.15, 0.2) is 0 Å². The first kappa shape index (κ1) is 16.0. The lowest BCUT2D eigenvalue weighted by Crippen LogP contribution is -2.10. The molecule has 1 atom stereocenters. The normalized spacial score (nSPS) is 12.8. The van der Waals surface area contributed by atoms with E-state index in [9.17, 15) is 5.11 Å². The monoisotopic (exact) mass is 349 g/mol. The number of aromatic hydroxyl groups is 1. The van der Waals surface area contributed by atoms with Gasteiger partial charge in [0.1, 0.15) is 5.75 Å². The van der Waals surface area contributed by atoms with Crippen molar-refractivity contribution in [3.8, 4) is 16.9 Å². The molecule has 25 heavy (non-hydrogen) atoms. The quantitative estimate of drug-likeness (QED) is 0.567. The molecule has 0 bridgehead atoms. The van der Waals surface area contributed by atoms with E-state index in [-0.39, 0.29) is 11.7 Å². The van der Waals surface area contributed by atoms with Crippen LogP contribution in [0.1, 0.15) is 24.1 Å². The summed E-state index contributed by atoms with van der Waals surface area (Å²) >= 11 is 1.65.